The first-order chi connectivity index (χ1) is 14.6. The number of benzene rings is 2. The number of anilines is 1. The van der Waals surface area contributed by atoms with E-state index in [9.17, 15) is 9.59 Å². The molecule has 0 saturated carbocycles. The lowest BCUT2D eigenvalue weighted by molar-refractivity contribution is 0.0937. The Morgan fingerprint density at radius 3 is 2.40 bits per heavy atom. The average Bonchev–Trinajstić information content (AvgIpc) is 3.45. The van der Waals surface area contributed by atoms with Crippen LogP contribution < -0.4 is 10.6 Å². The Kier molecular flexibility index (Phi) is 5.81. The van der Waals surface area contributed by atoms with E-state index in [2.05, 4.69) is 26.6 Å². The second kappa shape index (κ2) is 8.84. The standard InChI is InChI=1S/C23H17BrN2O4/c24-20-12-11-19(30-20)23(28)25-17-9-4-8-16(14-17)22(27)26-21(18-10-5-13-29-18)15-6-2-1-3-7-15/h1-14,21H,(H,25,28)(H,26,27). The highest BCUT2D eigenvalue weighted by Gasteiger charge is 2.20. The number of hydrogen-bond acceptors (Lipinski definition) is 4. The van der Waals surface area contributed by atoms with Crippen LogP contribution in [0.25, 0.3) is 0 Å². The normalized spacial score (nSPS) is 11.6. The van der Waals surface area contributed by atoms with Gasteiger partial charge in [-0.05, 0) is 64.0 Å². The van der Waals surface area contributed by atoms with E-state index < -0.39 is 11.9 Å². The number of carbonyl (C=O) groups excluding carboxylic acids is 2. The van der Waals surface area contributed by atoms with Crippen LogP contribution >= 0.6 is 15.9 Å². The molecule has 2 aromatic carbocycles. The fraction of sp³-hybridized carbons (Fsp3) is 0.0435. The number of rotatable bonds is 6. The van der Waals surface area contributed by atoms with Gasteiger partial charge in [0.05, 0.1) is 6.26 Å². The lowest BCUT2D eigenvalue weighted by Gasteiger charge is -2.17. The van der Waals surface area contributed by atoms with Gasteiger partial charge in [-0.1, -0.05) is 36.4 Å². The molecule has 0 bridgehead atoms. The van der Waals surface area contributed by atoms with E-state index in [1.165, 1.54) is 0 Å². The van der Waals surface area contributed by atoms with E-state index in [0.717, 1.165) is 5.56 Å². The van der Waals surface area contributed by atoms with Gasteiger partial charge in [0.15, 0.2) is 10.4 Å². The topological polar surface area (TPSA) is 84.5 Å². The zero-order valence-electron chi connectivity index (χ0n) is 15.7. The number of carbonyl (C=O) groups is 2. The Hall–Kier alpha value is -3.58. The highest BCUT2D eigenvalue weighted by atomic mass is 79.9. The molecule has 4 aromatic rings. The first-order valence-corrected chi connectivity index (χ1v) is 9.95. The van der Waals surface area contributed by atoms with Crippen LogP contribution in [0.2, 0.25) is 0 Å². The van der Waals surface area contributed by atoms with Crippen LogP contribution in [-0.2, 0) is 0 Å². The van der Waals surface area contributed by atoms with Crippen molar-refractivity contribution in [3.8, 4) is 0 Å². The molecule has 2 aromatic heterocycles. The van der Waals surface area contributed by atoms with Crippen molar-refractivity contribution in [2.24, 2.45) is 0 Å². The molecule has 0 fully saturated rings. The fourth-order valence-corrected chi connectivity index (χ4v) is 3.31. The van der Waals surface area contributed by atoms with Gasteiger partial charge in [-0.3, -0.25) is 9.59 Å². The molecule has 4 rings (SSSR count). The van der Waals surface area contributed by atoms with Crippen molar-refractivity contribution in [3.63, 3.8) is 0 Å². The first-order valence-electron chi connectivity index (χ1n) is 9.16. The van der Waals surface area contributed by atoms with Crippen molar-refractivity contribution in [1.29, 1.82) is 0 Å². The van der Waals surface area contributed by atoms with Crippen molar-refractivity contribution in [3.05, 3.63) is 112 Å². The minimum absolute atomic E-state index is 0.165. The summed E-state index contributed by atoms with van der Waals surface area (Å²) in [5.74, 6) is 0.0918. The van der Waals surface area contributed by atoms with Crippen LogP contribution in [-0.4, -0.2) is 11.8 Å². The van der Waals surface area contributed by atoms with E-state index in [1.807, 2.05) is 36.4 Å². The molecule has 0 spiro atoms. The summed E-state index contributed by atoms with van der Waals surface area (Å²) in [7, 11) is 0. The van der Waals surface area contributed by atoms with Gasteiger partial charge in [-0.2, -0.15) is 0 Å². The summed E-state index contributed by atoms with van der Waals surface area (Å²) in [4.78, 5) is 25.2. The third kappa shape index (κ3) is 4.52. The zero-order valence-corrected chi connectivity index (χ0v) is 17.3. The number of hydrogen-bond donors (Lipinski definition) is 2. The second-order valence-corrected chi connectivity index (χ2v) is 7.25. The SMILES string of the molecule is O=C(NC(c1ccccc1)c1ccco1)c1cccc(NC(=O)c2ccc(Br)o2)c1. The summed E-state index contributed by atoms with van der Waals surface area (Å²) in [6, 6.07) is 22.6. The molecular formula is C23H17BrN2O4. The summed E-state index contributed by atoms with van der Waals surface area (Å²) >= 11 is 3.17. The van der Waals surface area contributed by atoms with Crippen molar-refractivity contribution in [1.82, 2.24) is 5.32 Å². The van der Waals surface area contributed by atoms with Crippen LogP contribution in [0.5, 0.6) is 0 Å². The lowest BCUT2D eigenvalue weighted by Crippen LogP contribution is -2.29. The summed E-state index contributed by atoms with van der Waals surface area (Å²) < 4.78 is 11.2. The van der Waals surface area contributed by atoms with Crippen LogP contribution in [0.4, 0.5) is 5.69 Å². The van der Waals surface area contributed by atoms with Crippen molar-refractivity contribution in [2.75, 3.05) is 5.32 Å². The monoisotopic (exact) mass is 464 g/mol. The highest BCUT2D eigenvalue weighted by molar-refractivity contribution is 9.10. The minimum atomic E-state index is -0.438. The van der Waals surface area contributed by atoms with Gasteiger partial charge < -0.3 is 19.5 Å². The molecule has 1 unspecified atom stereocenters. The largest absolute Gasteiger partial charge is 0.467 e. The molecule has 6 nitrogen and oxygen atoms in total. The summed E-state index contributed by atoms with van der Waals surface area (Å²) in [6.45, 7) is 0. The fourth-order valence-electron chi connectivity index (χ4n) is 3.00. The van der Waals surface area contributed by atoms with Gasteiger partial charge >= 0.3 is 0 Å². The van der Waals surface area contributed by atoms with Crippen LogP contribution in [0.15, 0.2) is 98.6 Å². The molecule has 7 heteroatoms. The summed E-state index contributed by atoms with van der Waals surface area (Å²) in [5, 5.41) is 5.72. The van der Waals surface area contributed by atoms with Crippen molar-refractivity contribution in [2.45, 2.75) is 6.04 Å². The molecule has 0 aliphatic heterocycles. The molecule has 2 N–H and O–H groups in total. The molecule has 30 heavy (non-hydrogen) atoms. The van der Waals surface area contributed by atoms with Gasteiger partial charge in [0.1, 0.15) is 11.8 Å². The number of nitrogens with one attached hydrogen (secondary N) is 2. The van der Waals surface area contributed by atoms with E-state index in [0.29, 0.717) is 21.7 Å². The lowest BCUT2D eigenvalue weighted by atomic mass is 10.0. The van der Waals surface area contributed by atoms with E-state index in [1.54, 1.807) is 48.7 Å². The maximum absolute atomic E-state index is 12.9. The smallest absolute Gasteiger partial charge is 0.291 e. The molecule has 150 valence electrons. The quantitative estimate of drug-likeness (QED) is 0.399. The molecule has 0 radical (unpaired) electrons. The summed E-state index contributed by atoms with van der Waals surface area (Å²) in [5.41, 5.74) is 1.78. The van der Waals surface area contributed by atoms with Gasteiger partial charge in [-0.15, -0.1) is 0 Å². The third-order valence-electron chi connectivity index (χ3n) is 4.42. The zero-order chi connectivity index (χ0) is 20.9. The van der Waals surface area contributed by atoms with Crippen LogP contribution in [0.1, 0.15) is 38.3 Å². The van der Waals surface area contributed by atoms with Crippen LogP contribution in [0, 0.1) is 0 Å². The second-order valence-electron chi connectivity index (χ2n) is 6.47. The van der Waals surface area contributed by atoms with E-state index in [4.69, 9.17) is 8.83 Å². The highest BCUT2D eigenvalue weighted by Crippen LogP contribution is 2.23. The Balaban J connectivity index is 1.52. The Bertz CT molecular complexity index is 1150. The average molecular weight is 465 g/mol. The van der Waals surface area contributed by atoms with Gasteiger partial charge in [0, 0.05) is 11.3 Å². The van der Waals surface area contributed by atoms with Crippen molar-refractivity contribution >= 4 is 33.4 Å². The molecule has 2 amide bonds. The number of halogens is 1. The third-order valence-corrected chi connectivity index (χ3v) is 4.84. The van der Waals surface area contributed by atoms with Crippen molar-refractivity contribution < 1.29 is 18.4 Å². The first kappa shape index (κ1) is 19.7. The van der Waals surface area contributed by atoms with Gasteiger partial charge in [0.25, 0.3) is 11.8 Å². The maximum atomic E-state index is 12.9. The van der Waals surface area contributed by atoms with E-state index in [-0.39, 0.29) is 11.7 Å². The number of amides is 2. The molecule has 2 heterocycles. The van der Waals surface area contributed by atoms with Gasteiger partial charge in [-0.25, -0.2) is 0 Å². The molecule has 1 atom stereocenters. The minimum Gasteiger partial charge on any atom is -0.467 e. The van der Waals surface area contributed by atoms with Gasteiger partial charge in [0.2, 0.25) is 0 Å². The maximum Gasteiger partial charge on any atom is 0.291 e. The Labute approximate surface area is 181 Å². The molecule has 0 saturated heterocycles. The predicted octanol–water partition coefficient (Wildman–Crippen LogP) is 5.41. The Morgan fingerprint density at radius 2 is 1.70 bits per heavy atom. The molecule has 0 aliphatic carbocycles. The van der Waals surface area contributed by atoms with E-state index >= 15 is 0 Å². The molecular weight excluding hydrogens is 448 g/mol. The Morgan fingerprint density at radius 1 is 0.867 bits per heavy atom. The number of furan rings is 2. The predicted molar refractivity (Wildman–Crippen MR) is 115 cm³/mol. The van der Waals surface area contributed by atoms with Crippen LogP contribution in [0.3, 0.4) is 0 Å². The molecule has 0 aliphatic rings. The summed E-state index contributed by atoms with van der Waals surface area (Å²) in [6.07, 6.45) is 1.57.